The fraction of sp³-hybridized carbons (Fsp3) is 0.167. The van der Waals surface area contributed by atoms with Crippen LogP contribution in [0.5, 0.6) is 0 Å². The average molecular weight is 245 g/mol. The molecule has 6 nitrogen and oxygen atoms in total. The van der Waals surface area contributed by atoms with E-state index in [1.807, 2.05) is 30.3 Å². The molecule has 1 heterocycles. The number of anilines is 1. The zero-order valence-corrected chi connectivity index (χ0v) is 9.78. The van der Waals surface area contributed by atoms with Gasteiger partial charge in [0.05, 0.1) is 12.0 Å². The lowest BCUT2D eigenvalue weighted by Crippen LogP contribution is -2.45. The summed E-state index contributed by atoms with van der Waals surface area (Å²) in [6, 6.07) is 8.72. The van der Waals surface area contributed by atoms with Crippen molar-refractivity contribution in [3.63, 3.8) is 0 Å². The van der Waals surface area contributed by atoms with Gasteiger partial charge in [0.2, 0.25) is 0 Å². The van der Waals surface area contributed by atoms with Crippen molar-refractivity contribution >= 4 is 11.6 Å². The first kappa shape index (κ1) is 12.1. The second kappa shape index (κ2) is 5.83. The summed E-state index contributed by atoms with van der Waals surface area (Å²) in [4.78, 5) is 15.6. The van der Waals surface area contributed by atoms with E-state index in [4.69, 9.17) is 5.73 Å². The van der Waals surface area contributed by atoms with Gasteiger partial charge in [-0.1, -0.05) is 18.2 Å². The fourth-order valence-electron chi connectivity index (χ4n) is 1.45. The summed E-state index contributed by atoms with van der Waals surface area (Å²) in [5, 5.41) is 0. The van der Waals surface area contributed by atoms with Gasteiger partial charge in [-0.3, -0.25) is 15.6 Å². The van der Waals surface area contributed by atoms with Crippen LogP contribution in [0.15, 0.2) is 49.1 Å². The van der Waals surface area contributed by atoms with E-state index in [2.05, 4.69) is 15.8 Å². The molecule has 0 spiro atoms. The number of rotatable bonds is 5. The minimum absolute atomic E-state index is 0.271. The van der Waals surface area contributed by atoms with E-state index in [0.717, 1.165) is 5.69 Å². The third-order valence-corrected chi connectivity index (χ3v) is 2.41. The molecule has 1 atom stereocenters. The summed E-state index contributed by atoms with van der Waals surface area (Å²) >= 11 is 0. The van der Waals surface area contributed by atoms with Gasteiger partial charge in [-0.2, -0.15) is 0 Å². The van der Waals surface area contributed by atoms with Crippen LogP contribution in [0.25, 0.3) is 0 Å². The maximum atomic E-state index is 11.7. The van der Waals surface area contributed by atoms with Crippen LogP contribution in [0.2, 0.25) is 0 Å². The molecule has 1 aromatic heterocycles. The summed E-state index contributed by atoms with van der Waals surface area (Å²) in [6.45, 7) is 0.391. The third kappa shape index (κ3) is 3.33. The van der Waals surface area contributed by atoms with E-state index in [1.54, 1.807) is 23.3 Å². The monoisotopic (exact) mass is 245 g/mol. The van der Waals surface area contributed by atoms with E-state index in [9.17, 15) is 4.79 Å². The average Bonchev–Trinajstić information content (AvgIpc) is 2.90. The smallest absolute Gasteiger partial charge is 0.257 e. The minimum Gasteiger partial charge on any atom is -0.335 e. The van der Waals surface area contributed by atoms with Crippen LogP contribution in [0, 0.1) is 0 Å². The Balaban J connectivity index is 1.81. The molecular weight excluding hydrogens is 230 g/mol. The minimum atomic E-state index is -0.629. The molecular formula is C12H15N5O. The molecule has 0 fully saturated rings. The van der Waals surface area contributed by atoms with Crippen LogP contribution in [0.4, 0.5) is 5.69 Å². The number of imidazole rings is 1. The highest BCUT2D eigenvalue weighted by Crippen LogP contribution is 2.02. The van der Waals surface area contributed by atoms with Crippen molar-refractivity contribution in [1.29, 1.82) is 0 Å². The van der Waals surface area contributed by atoms with Crippen molar-refractivity contribution in [3.05, 3.63) is 49.1 Å². The molecule has 1 amide bonds. The van der Waals surface area contributed by atoms with Gasteiger partial charge in [-0.15, -0.1) is 0 Å². The Kier molecular flexibility index (Phi) is 3.93. The summed E-state index contributed by atoms with van der Waals surface area (Å²) in [6.07, 6.45) is 5.03. The standard InChI is InChI=1S/C12H15N5O/c13-11(8-17-7-6-14-9-17)12(18)16-15-10-4-2-1-3-5-10/h1-7,9,11,15H,8,13H2,(H,16,18)/t11-/m0/s1. The van der Waals surface area contributed by atoms with Gasteiger partial charge < -0.3 is 10.3 Å². The topological polar surface area (TPSA) is 85.0 Å². The fourth-order valence-corrected chi connectivity index (χ4v) is 1.45. The maximum Gasteiger partial charge on any atom is 0.257 e. The van der Waals surface area contributed by atoms with Gasteiger partial charge in [-0.05, 0) is 12.1 Å². The van der Waals surface area contributed by atoms with Gasteiger partial charge in [0, 0.05) is 18.9 Å². The zero-order valence-electron chi connectivity index (χ0n) is 9.78. The Morgan fingerprint density at radius 1 is 1.39 bits per heavy atom. The molecule has 18 heavy (non-hydrogen) atoms. The second-order valence-electron chi connectivity index (χ2n) is 3.85. The Hall–Kier alpha value is -2.34. The lowest BCUT2D eigenvalue weighted by Gasteiger charge is -2.14. The van der Waals surface area contributed by atoms with Crippen LogP contribution in [0.3, 0.4) is 0 Å². The van der Waals surface area contributed by atoms with Gasteiger partial charge in [0.15, 0.2) is 0 Å². The van der Waals surface area contributed by atoms with Crippen LogP contribution >= 0.6 is 0 Å². The van der Waals surface area contributed by atoms with Crippen molar-refractivity contribution in [3.8, 4) is 0 Å². The number of hydrazine groups is 1. The summed E-state index contributed by atoms with van der Waals surface area (Å²) in [7, 11) is 0. The van der Waals surface area contributed by atoms with E-state index < -0.39 is 6.04 Å². The molecule has 1 aromatic carbocycles. The van der Waals surface area contributed by atoms with Crippen LogP contribution in [0.1, 0.15) is 0 Å². The highest BCUT2D eigenvalue weighted by Gasteiger charge is 2.13. The lowest BCUT2D eigenvalue weighted by molar-refractivity contribution is -0.122. The molecule has 0 aliphatic carbocycles. The number of nitrogens with two attached hydrogens (primary N) is 1. The summed E-state index contributed by atoms with van der Waals surface area (Å²) in [5.41, 5.74) is 11.9. The van der Waals surface area contributed by atoms with Crippen LogP contribution < -0.4 is 16.6 Å². The molecule has 0 saturated heterocycles. The summed E-state index contributed by atoms with van der Waals surface area (Å²) in [5.74, 6) is -0.271. The predicted molar refractivity (Wildman–Crippen MR) is 68.4 cm³/mol. The molecule has 2 aromatic rings. The van der Waals surface area contributed by atoms with Gasteiger partial charge in [0.25, 0.3) is 5.91 Å². The van der Waals surface area contributed by atoms with Crippen molar-refractivity contribution < 1.29 is 4.79 Å². The quantitative estimate of drug-likeness (QED) is 0.664. The number of nitrogens with zero attached hydrogens (tertiary/aromatic N) is 2. The van der Waals surface area contributed by atoms with Gasteiger partial charge in [0.1, 0.15) is 6.04 Å². The number of carbonyl (C=O) groups is 1. The molecule has 94 valence electrons. The highest BCUT2D eigenvalue weighted by molar-refractivity contribution is 5.82. The third-order valence-electron chi connectivity index (χ3n) is 2.41. The molecule has 4 N–H and O–H groups in total. The first-order valence-electron chi connectivity index (χ1n) is 5.58. The lowest BCUT2D eigenvalue weighted by atomic mass is 10.3. The molecule has 2 rings (SSSR count). The van der Waals surface area contributed by atoms with Crippen molar-refractivity contribution in [2.24, 2.45) is 5.73 Å². The van der Waals surface area contributed by atoms with Crippen molar-refractivity contribution in [2.45, 2.75) is 12.6 Å². The molecule has 0 unspecified atom stereocenters. The first-order chi connectivity index (χ1) is 8.75. The highest BCUT2D eigenvalue weighted by atomic mass is 16.2. The van der Waals surface area contributed by atoms with Gasteiger partial charge in [-0.25, -0.2) is 4.98 Å². The van der Waals surface area contributed by atoms with Crippen molar-refractivity contribution in [2.75, 3.05) is 5.43 Å². The maximum absolute atomic E-state index is 11.7. The number of hydrogen-bond donors (Lipinski definition) is 3. The predicted octanol–water partition coefficient (Wildman–Crippen LogP) is 0.354. The molecule has 0 aliphatic rings. The number of nitrogens with one attached hydrogen (secondary N) is 2. The Labute approximate surface area is 105 Å². The number of aromatic nitrogens is 2. The van der Waals surface area contributed by atoms with Crippen LogP contribution in [-0.4, -0.2) is 21.5 Å². The molecule has 0 bridgehead atoms. The van der Waals surface area contributed by atoms with Crippen LogP contribution in [-0.2, 0) is 11.3 Å². The Bertz CT molecular complexity index is 482. The molecule has 0 aliphatic heterocycles. The SMILES string of the molecule is N[C@@H](Cn1ccnc1)C(=O)NNc1ccccc1. The van der Waals surface area contributed by atoms with E-state index in [-0.39, 0.29) is 5.91 Å². The number of hydrogen-bond acceptors (Lipinski definition) is 4. The van der Waals surface area contributed by atoms with Crippen molar-refractivity contribution in [1.82, 2.24) is 15.0 Å². The second-order valence-corrected chi connectivity index (χ2v) is 3.85. The Morgan fingerprint density at radius 3 is 2.83 bits per heavy atom. The molecule has 6 heteroatoms. The molecule has 0 radical (unpaired) electrons. The largest absolute Gasteiger partial charge is 0.335 e. The molecule has 0 saturated carbocycles. The number of benzene rings is 1. The zero-order chi connectivity index (χ0) is 12.8. The van der Waals surface area contributed by atoms with E-state index in [1.165, 1.54) is 0 Å². The Morgan fingerprint density at radius 2 is 2.17 bits per heavy atom. The first-order valence-corrected chi connectivity index (χ1v) is 5.58. The number of amides is 1. The van der Waals surface area contributed by atoms with E-state index >= 15 is 0 Å². The van der Waals surface area contributed by atoms with Gasteiger partial charge >= 0.3 is 0 Å². The normalized spacial score (nSPS) is 11.8. The number of carbonyl (C=O) groups excluding carboxylic acids is 1. The van der Waals surface area contributed by atoms with E-state index in [0.29, 0.717) is 6.54 Å². The summed E-state index contributed by atoms with van der Waals surface area (Å²) < 4.78 is 1.76. The number of para-hydroxylation sites is 1.